The third kappa shape index (κ3) is 5.53. The molecule has 1 aliphatic rings. The highest BCUT2D eigenvalue weighted by molar-refractivity contribution is 5.78. The Labute approximate surface area is 106 Å². The molecule has 0 saturated heterocycles. The largest absolute Gasteiger partial charge is 0.350 e. The van der Waals surface area contributed by atoms with Gasteiger partial charge in [-0.15, -0.1) is 0 Å². The summed E-state index contributed by atoms with van der Waals surface area (Å²) in [5, 5.41) is 3.02. The van der Waals surface area contributed by atoms with Gasteiger partial charge in [-0.3, -0.25) is 9.69 Å². The van der Waals surface area contributed by atoms with E-state index in [0.717, 1.165) is 5.92 Å². The van der Waals surface area contributed by atoms with Crippen molar-refractivity contribution in [3.8, 4) is 0 Å². The van der Waals surface area contributed by atoms with E-state index < -0.39 is 0 Å². The third-order valence-corrected chi connectivity index (χ3v) is 3.52. The summed E-state index contributed by atoms with van der Waals surface area (Å²) in [4.78, 5) is 14.0. The van der Waals surface area contributed by atoms with Crippen LogP contribution in [0.1, 0.15) is 53.4 Å². The van der Waals surface area contributed by atoms with Gasteiger partial charge in [-0.2, -0.15) is 0 Å². The van der Waals surface area contributed by atoms with Crippen LogP contribution in [0.15, 0.2) is 0 Å². The van der Waals surface area contributed by atoms with Crippen molar-refractivity contribution in [2.45, 2.75) is 65.0 Å². The lowest BCUT2D eigenvalue weighted by molar-refractivity contribution is -0.124. The fourth-order valence-corrected chi connectivity index (χ4v) is 2.50. The summed E-state index contributed by atoms with van der Waals surface area (Å²) in [5.41, 5.74) is -0.126. The number of likely N-dealkylation sites (N-methyl/N-ethyl adjacent to an activating group) is 1. The zero-order chi connectivity index (χ0) is 13.1. The molecule has 0 aromatic carbocycles. The van der Waals surface area contributed by atoms with Crippen LogP contribution >= 0.6 is 0 Å². The first-order chi connectivity index (χ1) is 7.78. The Hall–Kier alpha value is -0.570. The highest BCUT2D eigenvalue weighted by Gasteiger charge is 2.23. The molecule has 0 bridgehead atoms. The molecule has 1 amide bonds. The molecule has 0 aliphatic heterocycles. The average Bonchev–Trinajstić information content (AvgIpc) is 2.15. The molecule has 0 spiro atoms. The molecule has 1 saturated carbocycles. The van der Waals surface area contributed by atoms with Gasteiger partial charge in [0, 0.05) is 11.6 Å². The fourth-order valence-electron chi connectivity index (χ4n) is 2.50. The molecule has 1 N–H and O–H groups in total. The maximum Gasteiger partial charge on any atom is 0.234 e. The van der Waals surface area contributed by atoms with Crippen molar-refractivity contribution >= 4 is 5.91 Å². The lowest BCUT2D eigenvalue weighted by Crippen LogP contribution is -2.47. The van der Waals surface area contributed by atoms with E-state index in [2.05, 4.69) is 24.2 Å². The summed E-state index contributed by atoms with van der Waals surface area (Å²) in [6.45, 7) is 8.91. The normalized spacial score (nSPS) is 26.0. The van der Waals surface area contributed by atoms with Crippen molar-refractivity contribution in [3.63, 3.8) is 0 Å². The number of carbonyl (C=O) groups excluding carboxylic acids is 1. The van der Waals surface area contributed by atoms with Gasteiger partial charge < -0.3 is 5.32 Å². The van der Waals surface area contributed by atoms with Gasteiger partial charge in [-0.1, -0.05) is 6.92 Å². The number of hydrogen-bond donors (Lipinski definition) is 1. The molecular formula is C14H28N2O. The number of carbonyl (C=O) groups is 1. The van der Waals surface area contributed by atoms with Crippen molar-refractivity contribution in [2.75, 3.05) is 13.6 Å². The summed E-state index contributed by atoms with van der Waals surface area (Å²) < 4.78 is 0. The minimum atomic E-state index is -0.126. The monoisotopic (exact) mass is 240 g/mol. The molecule has 0 heterocycles. The van der Waals surface area contributed by atoms with Crippen LogP contribution in [0, 0.1) is 5.92 Å². The van der Waals surface area contributed by atoms with Crippen LogP contribution in [0.2, 0.25) is 0 Å². The number of nitrogens with one attached hydrogen (secondary N) is 1. The average molecular weight is 240 g/mol. The molecule has 1 rings (SSSR count). The van der Waals surface area contributed by atoms with Gasteiger partial charge in [-0.05, 0) is 59.4 Å². The lowest BCUT2D eigenvalue weighted by atomic mass is 9.87. The lowest BCUT2D eigenvalue weighted by Gasteiger charge is -2.33. The minimum Gasteiger partial charge on any atom is -0.350 e. The molecule has 100 valence electrons. The molecule has 0 aromatic rings. The zero-order valence-corrected chi connectivity index (χ0v) is 12.0. The zero-order valence-electron chi connectivity index (χ0n) is 12.0. The Morgan fingerprint density at radius 2 is 1.76 bits per heavy atom. The number of rotatable bonds is 3. The summed E-state index contributed by atoms with van der Waals surface area (Å²) in [6.07, 6.45) is 5.08. The van der Waals surface area contributed by atoms with Crippen molar-refractivity contribution in [1.29, 1.82) is 0 Å². The molecule has 0 unspecified atom stereocenters. The summed E-state index contributed by atoms with van der Waals surface area (Å²) in [6, 6.07) is 0.594. The van der Waals surface area contributed by atoms with E-state index in [1.165, 1.54) is 25.7 Å². The smallest absolute Gasteiger partial charge is 0.234 e. The van der Waals surface area contributed by atoms with Gasteiger partial charge in [0.25, 0.3) is 0 Å². The highest BCUT2D eigenvalue weighted by Crippen LogP contribution is 2.26. The van der Waals surface area contributed by atoms with Crippen molar-refractivity contribution in [3.05, 3.63) is 0 Å². The third-order valence-electron chi connectivity index (χ3n) is 3.52. The molecular weight excluding hydrogens is 212 g/mol. The number of nitrogens with zero attached hydrogens (tertiary/aromatic N) is 1. The van der Waals surface area contributed by atoms with Crippen molar-refractivity contribution in [1.82, 2.24) is 10.2 Å². The van der Waals surface area contributed by atoms with Gasteiger partial charge in [0.15, 0.2) is 0 Å². The van der Waals surface area contributed by atoms with Crippen LogP contribution in [0.3, 0.4) is 0 Å². The summed E-state index contributed by atoms with van der Waals surface area (Å²) in [5.74, 6) is 1.00. The Kier molecular flexibility index (Phi) is 4.99. The van der Waals surface area contributed by atoms with Crippen LogP contribution in [-0.4, -0.2) is 36.0 Å². The fraction of sp³-hybridized carbons (Fsp3) is 0.929. The standard InChI is InChI=1S/C14H28N2O/c1-11-6-8-12(9-7-11)16(5)10-13(17)15-14(2,3)4/h11-12H,6-10H2,1-5H3,(H,15,17). The van der Waals surface area contributed by atoms with E-state index in [0.29, 0.717) is 12.6 Å². The molecule has 3 nitrogen and oxygen atoms in total. The Balaban J connectivity index is 2.33. The van der Waals surface area contributed by atoms with Crippen LogP contribution in [0.5, 0.6) is 0 Å². The first-order valence-corrected chi connectivity index (χ1v) is 6.79. The van der Waals surface area contributed by atoms with Gasteiger partial charge in [0.2, 0.25) is 5.91 Å². The second-order valence-corrected chi connectivity index (χ2v) is 6.63. The van der Waals surface area contributed by atoms with Crippen LogP contribution in [-0.2, 0) is 4.79 Å². The second kappa shape index (κ2) is 5.85. The molecule has 0 radical (unpaired) electrons. The molecule has 1 fully saturated rings. The van der Waals surface area contributed by atoms with E-state index in [4.69, 9.17) is 0 Å². The Bertz CT molecular complexity index is 249. The predicted molar refractivity (Wildman–Crippen MR) is 71.9 cm³/mol. The van der Waals surface area contributed by atoms with Crippen LogP contribution in [0.4, 0.5) is 0 Å². The quantitative estimate of drug-likeness (QED) is 0.821. The van der Waals surface area contributed by atoms with E-state index in [1.807, 2.05) is 20.8 Å². The van der Waals surface area contributed by atoms with Crippen molar-refractivity contribution < 1.29 is 4.79 Å². The highest BCUT2D eigenvalue weighted by atomic mass is 16.2. The van der Waals surface area contributed by atoms with Gasteiger partial charge in [-0.25, -0.2) is 0 Å². The second-order valence-electron chi connectivity index (χ2n) is 6.63. The molecule has 0 atom stereocenters. The summed E-state index contributed by atoms with van der Waals surface area (Å²) >= 11 is 0. The number of hydrogen-bond acceptors (Lipinski definition) is 2. The molecule has 0 aromatic heterocycles. The van der Waals surface area contributed by atoms with E-state index in [-0.39, 0.29) is 11.4 Å². The van der Waals surface area contributed by atoms with E-state index in [1.54, 1.807) is 0 Å². The van der Waals surface area contributed by atoms with Gasteiger partial charge in [0.1, 0.15) is 0 Å². The molecule has 17 heavy (non-hydrogen) atoms. The van der Waals surface area contributed by atoms with Gasteiger partial charge >= 0.3 is 0 Å². The number of amides is 1. The van der Waals surface area contributed by atoms with Gasteiger partial charge in [0.05, 0.1) is 6.54 Å². The van der Waals surface area contributed by atoms with Crippen LogP contribution < -0.4 is 5.32 Å². The molecule has 3 heteroatoms. The first-order valence-electron chi connectivity index (χ1n) is 6.79. The maximum absolute atomic E-state index is 11.8. The Morgan fingerprint density at radius 1 is 1.24 bits per heavy atom. The summed E-state index contributed by atoms with van der Waals surface area (Å²) in [7, 11) is 2.07. The van der Waals surface area contributed by atoms with E-state index in [9.17, 15) is 4.79 Å². The first kappa shape index (κ1) is 14.5. The topological polar surface area (TPSA) is 32.3 Å². The minimum absolute atomic E-state index is 0.126. The predicted octanol–water partition coefficient (Wildman–Crippen LogP) is 2.41. The van der Waals surface area contributed by atoms with E-state index >= 15 is 0 Å². The SMILES string of the molecule is CC1CCC(N(C)CC(=O)NC(C)(C)C)CC1. The maximum atomic E-state index is 11.8. The Morgan fingerprint density at radius 3 is 2.24 bits per heavy atom. The van der Waals surface area contributed by atoms with Crippen LogP contribution in [0.25, 0.3) is 0 Å². The molecule has 1 aliphatic carbocycles. The van der Waals surface area contributed by atoms with Crippen molar-refractivity contribution in [2.24, 2.45) is 5.92 Å².